The number of ketones is 2. The first-order chi connectivity index (χ1) is 37.5. The molecule has 6 rings (SSSR count). The lowest BCUT2D eigenvalue weighted by molar-refractivity contribution is 0.0459. The summed E-state index contributed by atoms with van der Waals surface area (Å²) in [6.07, 6.45) is 24.8. The van der Waals surface area contributed by atoms with Gasteiger partial charge in [0.05, 0.1) is 24.3 Å². The molecule has 412 valence electrons. The lowest BCUT2D eigenvalue weighted by Crippen LogP contribution is -2.15. The number of ether oxygens (including phenoxy) is 6. The molecular formula is C58H64N4O12S4. The van der Waals surface area contributed by atoms with Gasteiger partial charge in [-0.1, -0.05) is 23.3 Å². The minimum atomic E-state index is -0.463. The largest absolute Gasteiger partial charge is 0.508 e. The predicted octanol–water partition coefficient (Wildman–Crippen LogP) is 11.6. The second-order valence-corrected chi connectivity index (χ2v) is 21.4. The Labute approximate surface area is 471 Å². The average molecular weight is 1140 g/mol. The molecule has 2 aliphatic heterocycles. The molecule has 0 bridgehead atoms. The predicted molar refractivity (Wildman–Crippen MR) is 311 cm³/mol. The molecule has 0 aliphatic carbocycles. The van der Waals surface area contributed by atoms with E-state index in [4.69, 9.17) is 41.3 Å². The third-order valence-electron chi connectivity index (χ3n) is 11.6. The fourth-order valence-corrected chi connectivity index (χ4v) is 7.20. The van der Waals surface area contributed by atoms with Crippen LogP contribution in [0.2, 0.25) is 0 Å². The number of terminal acetylenes is 2. The van der Waals surface area contributed by atoms with Gasteiger partial charge >= 0.3 is 0 Å². The summed E-state index contributed by atoms with van der Waals surface area (Å²) < 4.78 is 33.0. The lowest BCUT2D eigenvalue weighted by atomic mass is 10.00. The van der Waals surface area contributed by atoms with Crippen molar-refractivity contribution in [3.63, 3.8) is 0 Å². The summed E-state index contributed by atoms with van der Waals surface area (Å²) in [5.74, 6) is 5.90. The Bertz CT molecular complexity index is 3080. The van der Waals surface area contributed by atoms with Crippen LogP contribution in [0.15, 0.2) is 117 Å². The van der Waals surface area contributed by atoms with Crippen molar-refractivity contribution in [1.82, 2.24) is 0 Å². The summed E-state index contributed by atoms with van der Waals surface area (Å²) in [4.78, 5) is 26.0. The van der Waals surface area contributed by atoms with Crippen LogP contribution in [0.25, 0.3) is 12.2 Å². The van der Waals surface area contributed by atoms with Crippen molar-refractivity contribution in [2.24, 2.45) is 20.5 Å². The van der Waals surface area contributed by atoms with Crippen molar-refractivity contribution in [3.05, 3.63) is 129 Å². The number of rotatable bonds is 28. The molecule has 0 atom stereocenters. The van der Waals surface area contributed by atoms with Crippen molar-refractivity contribution in [2.45, 2.75) is 90.4 Å². The summed E-state index contributed by atoms with van der Waals surface area (Å²) in [7, 11) is 5.39. The highest BCUT2D eigenvalue weighted by Crippen LogP contribution is 2.40. The van der Waals surface area contributed by atoms with Crippen molar-refractivity contribution < 1.29 is 58.4 Å². The molecule has 0 radical (unpaired) electrons. The van der Waals surface area contributed by atoms with E-state index in [-0.39, 0.29) is 53.5 Å². The van der Waals surface area contributed by atoms with Crippen molar-refractivity contribution >= 4 is 63.9 Å². The Morgan fingerprint density at radius 2 is 1.06 bits per heavy atom. The molecule has 0 aromatic heterocycles. The van der Waals surface area contributed by atoms with Crippen molar-refractivity contribution in [2.75, 3.05) is 41.0 Å². The number of carbonyl (C=O) groups is 2. The number of phenols is 4. The zero-order chi connectivity index (χ0) is 57.1. The van der Waals surface area contributed by atoms with E-state index in [0.717, 1.165) is 11.1 Å². The number of hydrogen-bond acceptors (Lipinski definition) is 18. The maximum atomic E-state index is 13.2. The molecule has 16 nitrogen and oxygen atoms in total. The summed E-state index contributed by atoms with van der Waals surface area (Å²) in [5.41, 5.74) is 3.54. The van der Waals surface area contributed by atoms with E-state index in [9.17, 15) is 30.0 Å². The highest BCUT2D eigenvalue weighted by atomic mass is 33.2. The molecule has 78 heavy (non-hydrogen) atoms. The second-order valence-electron chi connectivity index (χ2n) is 17.9. The molecule has 4 aromatic carbocycles. The van der Waals surface area contributed by atoms with Crippen LogP contribution in [-0.4, -0.2) is 84.3 Å². The fourth-order valence-electron chi connectivity index (χ4n) is 7.20. The van der Waals surface area contributed by atoms with E-state index >= 15 is 0 Å². The first-order valence-electron chi connectivity index (χ1n) is 24.4. The van der Waals surface area contributed by atoms with E-state index in [2.05, 4.69) is 54.7 Å². The first-order valence-corrected chi connectivity index (χ1v) is 28.4. The fraction of sp³-hybridized carbons (Fsp3) is 0.345. The second kappa shape index (κ2) is 32.4. The monoisotopic (exact) mass is 1140 g/mol. The topological polar surface area (TPSA) is 220 Å². The smallest absolute Gasteiger partial charge is 0.195 e. The van der Waals surface area contributed by atoms with Crippen LogP contribution in [0, 0.1) is 24.7 Å². The third-order valence-corrected chi connectivity index (χ3v) is 13.8. The molecule has 0 unspecified atom stereocenters. The van der Waals surface area contributed by atoms with E-state index < -0.39 is 17.1 Å². The number of nitrogens with zero attached hydrogens (tertiary/aromatic N) is 4. The van der Waals surface area contributed by atoms with Gasteiger partial charge in [0, 0.05) is 127 Å². The molecule has 20 heteroatoms. The number of methoxy groups -OCH3 is 2. The van der Waals surface area contributed by atoms with Crippen LogP contribution in [0.1, 0.15) is 109 Å². The maximum Gasteiger partial charge on any atom is 0.195 e. The zero-order valence-electron chi connectivity index (χ0n) is 44.4. The van der Waals surface area contributed by atoms with Crippen LogP contribution in [0.4, 0.5) is 0 Å². The number of phenolic OH excluding ortho intramolecular Hbond substituents is 4. The minimum Gasteiger partial charge on any atom is -0.508 e. The molecule has 4 N–H and O–H groups in total. The molecule has 0 spiro atoms. The Kier molecular flexibility index (Phi) is 26.3. The van der Waals surface area contributed by atoms with Crippen LogP contribution >= 0.6 is 0 Å². The molecule has 2 heterocycles. The molecule has 2 aliphatic rings. The van der Waals surface area contributed by atoms with E-state index in [1.807, 2.05) is 39.8 Å². The zero-order valence-corrected chi connectivity index (χ0v) is 47.6. The van der Waals surface area contributed by atoms with E-state index in [0.29, 0.717) is 110 Å². The number of benzene rings is 4. The third kappa shape index (κ3) is 20.6. The normalized spacial score (nSPS) is 12.8. The number of carbonyl (C=O) groups excluding carboxylic acids is 2. The molecule has 0 saturated carbocycles. The summed E-state index contributed by atoms with van der Waals surface area (Å²) in [5, 5.41) is 57.8. The van der Waals surface area contributed by atoms with Crippen LogP contribution < -0.4 is 18.9 Å². The number of hydrogen-bond donors (Lipinski definition) is 4. The molecule has 0 fully saturated rings. The SMILES string of the molecule is C#CCCC1(CCOc2ccc(C(=O)/C=C/c3ccc(O)cc3O)c(O)c2CC=C(C)C)N=N1.C#CCCC1(CCOc2ccc(C(=O)/C=C/c3ccc(OCOC)cc3OCOC)c(O)c2CC=C(C)C)N=N1.S=S=S=S. The highest BCUT2D eigenvalue weighted by molar-refractivity contribution is 8.51. The average Bonchev–Trinajstić information content (AvgIpc) is 4.38. The Morgan fingerprint density at radius 3 is 1.49 bits per heavy atom. The van der Waals surface area contributed by atoms with E-state index in [1.165, 1.54) is 74.5 Å². The summed E-state index contributed by atoms with van der Waals surface area (Å²) in [6, 6.07) is 15.7. The Morgan fingerprint density at radius 1 is 0.603 bits per heavy atom. The Hall–Kier alpha value is -7.30. The van der Waals surface area contributed by atoms with Gasteiger partial charge in [0.2, 0.25) is 0 Å². The molecule has 0 saturated heterocycles. The van der Waals surface area contributed by atoms with Gasteiger partial charge in [-0.2, -0.15) is 20.5 Å². The van der Waals surface area contributed by atoms with Crippen LogP contribution in [0.5, 0.6) is 46.0 Å². The van der Waals surface area contributed by atoms with Crippen LogP contribution in [-0.2, 0) is 62.5 Å². The summed E-state index contributed by atoms with van der Waals surface area (Å²) in [6.45, 7) is 8.63. The standard InChI is InChI=1S/C31H36N2O7.C27H28N2O5.S4/c1-6-7-16-31(32-33-31)17-18-38-28-15-13-25(30(35)26(28)12-8-22(2)3)27(34)14-10-23-9-11-24(39-20-36-4)19-29(23)40-21-37-5;1-4-5-14-27(28-29-27)15-16-34-25-13-11-21(26(33)22(25)10-6-18(2)3)23(31)12-8-19-7-9-20(30)17-24(19)32;1-3-4-2/h1,8-11,13-15,19,35H,7,12,16-18,20-21H2,2-5H3;1,6-9,11-13,17,30,32-33H,5,10,14-16H2,2-3H3;/b14-10+;12-8+;. The molecule has 4 aromatic rings. The van der Waals surface area contributed by atoms with Gasteiger partial charge in [-0.05, 0) is 113 Å². The maximum absolute atomic E-state index is 13.2. The van der Waals surface area contributed by atoms with Gasteiger partial charge in [0.25, 0.3) is 0 Å². The lowest BCUT2D eigenvalue weighted by Gasteiger charge is -2.16. The number of aromatic hydroxyl groups is 4. The van der Waals surface area contributed by atoms with Gasteiger partial charge in [-0.3, -0.25) is 9.59 Å². The quantitative estimate of drug-likeness (QED) is 0.0137. The number of allylic oxidation sites excluding steroid dienone is 6. The summed E-state index contributed by atoms with van der Waals surface area (Å²) >= 11 is 8.66. The molecular weight excluding hydrogens is 1070 g/mol. The molecule has 0 amide bonds. The van der Waals surface area contributed by atoms with Crippen molar-refractivity contribution in [3.8, 4) is 70.7 Å². The van der Waals surface area contributed by atoms with E-state index in [1.54, 1.807) is 42.5 Å². The van der Waals surface area contributed by atoms with Crippen LogP contribution in [0.3, 0.4) is 0 Å². The van der Waals surface area contributed by atoms with Gasteiger partial charge in [-0.25, -0.2) is 0 Å². The van der Waals surface area contributed by atoms with Gasteiger partial charge in [0.1, 0.15) is 46.0 Å². The Balaban J connectivity index is 0.000000318. The minimum absolute atomic E-state index is 0.0196. The highest BCUT2D eigenvalue weighted by Gasteiger charge is 2.40. The van der Waals surface area contributed by atoms with Crippen molar-refractivity contribution in [1.29, 1.82) is 0 Å². The van der Waals surface area contributed by atoms with Gasteiger partial charge < -0.3 is 48.8 Å². The first kappa shape index (κ1) is 63.2. The van der Waals surface area contributed by atoms with Gasteiger partial charge in [0.15, 0.2) is 36.5 Å². The van der Waals surface area contributed by atoms with Gasteiger partial charge in [-0.15, -0.1) is 24.7 Å².